The molecule has 38 heavy (non-hydrogen) atoms. The van der Waals surface area contributed by atoms with Crippen LogP contribution < -0.4 is 20.3 Å². The van der Waals surface area contributed by atoms with E-state index in [4.69, 9.17) is 4.74 Å². The van der Waals surface area contributed by atoms with E-state index in [1.807, 2.05) is 52.3 Å². The molecule has 2 saturated heterocycles. The topological polar surface area (TPSA) is 94.2 Å². The van der Waals surface area contributed by atoms with E-state index in [1.165, 1.54) is 0 Å². The average molecular weight is 520 g/mol. The molecule has 0 atom stereocenters. The van der Waals surface area contributed by atoms with Crippen molar-refractivity contribution < 1.29 is 19.1 Å². The minimum atomic E-state index is -0.139. The van der Waals surface area contributed by atoms with Gasteiger partial charge in [-0.3, -0.25) is 9.59 Å². The van der Waals surface area contributed by atoms with E-state index in [0.29, 0.717) is 30.9 Å². The van der Waals surface area contributed by atoms with E-state index in [1.54, 1.807) is 7.11 Å². The second-order valence-corrected chi connectivity index (χ2v) is 10.3. The molecular weight excluding hydrogens is 482 g/mol. The van der Waals surface area contributed by atoms with Gasteiger partial charge in [-0.2, -0.15) is 0 Å². The SMILES string of the molecule is COc1ccc(NC(=O)N2CCCN(c3ccc(NC(=O)C4CCC4)cc3C(=O)N3CCCC3)CC2)cc1. The molecule has 0 spiro atoms. The van der Waals surface area contributed by atoms with E-state index in [2.05, 4.69) is 15.5 Å². The van der Waals surface area contributed by atoms with Gasteiger partial charge in [-0.15, -0.1) is 0 Å². The van der Waals surface area contributed by atoms with Crippen molar-refractivity contribution in [3.63, 3.8) is 0 Å². The zero-order valence-corrected chi connectivity index (χ0v) is 22.1. The van der Waals surface area contributed by atoms with Gasteiger partial charge >= 0.3 is 6.03 Å². The Balaban J connectivity index is 1.29. The number of hydrogen-bond acceptors (Lipinski definition) is 5. The Hall–Kier alpha value is -3.75. The summed E-state index contributed by atoms with van der Waals surface area (Å²) in [4.78, 5) is 45.0. The van der Waals surface area contributed by atoms with E-state index in [-0.39, 0.29) is 23.8 Å². The van der Waals surface area contributed by atoms with Crippen LogP contribution in [-0.2, 0) is 4.79 Å². The van der Waals surface area contributed by atoms with Gasteiger partial charge in [0.05, 0.1) is 12.7 Å². The first-order chi connectivity index (χ1) is 18.5. The van der Waals surface area contributed by atoms with Crippen LogP contribution in [0.25, 0.3) is 0 Å². The number of benzene rings is 2. The number of methoxy groups -OCH3 is 1. The van der Waals surface area contributed by atoms with Gasteiger partial charge in [0.1, 0.15) is 5.75 Å². The quantitative estimate of drug-likeness (QED) is 0.590. The maximum Gasteiger partial charge on any atom is 0.321 e. The maximum atomic E-state index is 13.6. The van der Waals surface area contributed by atoms with Crippen LogP contribution in [0.3, 0.4) is 0 Å². The molecule has 2 heterocycles. The Labute approximate surface area is 224 Å². The van der Waals surface area contributed by atoms with E-state index < -0.39 is 0 Å². The Bertz CT molecular complexity index is 1160. The van der Waals surface area contributed by atoms with E-state index >= 15 is 0 Å². The summed E-state index contributed by atoms with van der Waals surface area (Å²) in [5.74, 6) is 0.863. The molecule has 4 amide bonds. The van der Waals surface area contributed by atoms with Crippen LogP contribution in [0, 0.1) is 5.92 Å². The molecule has 0 bridgehead atoms. The number of nitrogens with zero attached hydrogens (tertiary/aromatic N) is 3. The molecular formula is C29H37N5O4. The van der Waals surface area contributed by atoms with Gasteiger partial charge in [-0.25, -0.2) is 4.79 Å². The summed E-state index contributed by atoms with van der Waals surface area (Å²) < 4.78 is 5.19. The monoisotopic (exact) mass is 519 g/mol. The number of nitrogens with one attached hydrogen (secondary N) is 2. The second-order valence-electron chi connectivity index (χ2n) is 10.3. The molecule has 1 saturated carbocycles. The molecule has 0 radical (unpaired) electrons. The number of hydrogen-bond donors (Lipinski definition) is 2. The lowest BCUT2D eigenvalue weighted by molar-refractivity contribution is -0.122. The lowest BCUT2D eigenvalue weighted by Gasteiger charge is -2.28. The van der Waals surface area contributed by atoms with Crippen molar-refractivity contribution in [2.75, 3.05) is 61.9 Å². The van der Waals surface area contributed by atoms with Crippen LogP contribution in [-0.4, -0.2) is 74.0 Å². The highest BCUT2D eigenvalue weighted by atomic mass is 16.5. The summed E-state index contributed by atoms with van der Waals surface area (Å²) in [5, 5.41) is 6.00. The largest absolute Gasteiger partial charge is 0.497 e. The van der Waals surface area contributed by atoms with E-state index in [0.717, 1.165) is 75.3 Å². The molecule has 5 rings (SSSR count). The smallest absolute Gasteiger partial charge is 0.321 e. The molecule has 0 unspecified atom stereocenters. The molecule has 9 nitrogen and oxygen atoms in total. The van der Waals surface area contributed by atoms with Gasteiger partial charge in [0, 0.05) is 62.2 Å². The van der Waals surface area contributed by atoms with Crippen LogP contribution in [0.4, 0.5) is 21.9 Å². The van der Waals surface area contributed by atoms with Crippen LogP contribution >= 0.6 is 0 Å². The van der Waals surface area contributed by atoms with Crippen molar-refractivity contribution in [2.24, 2.45) is 5.92 Å². The number of carbonyl (C=O) groups excluding carboxylic acids is 3. The van der Waals surface area contributed by atoms with Crippen LogP contribution in [0.15, 0.2) is 42.5 Å². The third-order valence-corrected chi connectivity index (χ3v) is 7.83. The van der Waals surface area contributed by atoms with Gasteiger partial charge in [-0.05, 0) is 74.6 Å². The zero-order valence-electron chi connectivity index (χ0n) is 22.1. The Morgan fingerprint density at radius 3 is 2.16 bits per heavy atom. The number of likely N-dealkylation sites (tertiary alicyclic amines) is 1. The molecule has 2 aromatic rings. The Morgan fingerprint density at radius 1 is 0.763 bits per heavy atom. The molecule has 202 valence electrons. The van der Waals surface area contributed by atoms with Gasteiger partial charge in [-0.1, -0.05) is 6.42 Å². The maximum absolute atomic E-state index is 13.6. The number of amides is 4. The first-order valence-electron chi connectivity index (χ1n) is 13.7. The summed E-state index contributed by atoms with van der Waals surface area (Å²) in [5.41, 5.74) is 2.87. The highest BCUT2D eigenvalue weighted by Gasteiger charge is 2.28. The van der Waals surface area contributed by atoms with Crippen LogP contribution in [0.2, 0.25) is 0 Å². The number of rotatable bonds is 6. The van der Waals surface area contributed by atoms with Crippen molar-refractivity contribution in [1.29, 1.82) is 0 Å². The second kappa shape index (κ2) is 11.8. The fourth-order valence-corrected chi connectivity index (χ4v) is 5.30. The summed E-state index contributed by atoms with van der Waals surface area (Å²) in [6.07, 6.45) is 5.77. The lowest BCUT2D eigenvalue weighted by Crippen LogP contribution is -2.38. The van der Waals surface area contributed by atoms with Crippen molar-refractivity contribution in [3.05, 3.63) is 48.0 Å². The molecule has 0 aromatic heterocycles. The van der Waals surface area contributed by atoms with Crippen molar-refractivity contribution in [1.82, 2.24) is 9.80 Å². The molecule has 2 aliphatic heterocycles. The Kier molecular flexibility index (Phi) is 8.00. The third-order valence-electron chi connectivity index (χ3n) is 7.83. The molecule has 2 N–H and O–H groups in total. The predicted octanol–water partition coefficient (Wildman–Crippen LogP) is 4.41. The fraction of sp³-hybridized carbons (Fsp3) is 0.483. The molecule has 3 fully saturated rings. The average Bonchev–Trinajstić information content (AvgIpc) is 3.32. The number of carbonyl (C=O) groups is 3. The van der Waals surface area contributed by atoms with Crippen LogP contribution in [0.1, 0.15) is 48.9 Å². The predicted molar refractivity (Wildman–Crippen MR) is 148 cm³/mol. The van der Waals surface area contributed by atoms with Crippen molar-refractivity contribution >= 4 is 34.9 Å². The first kappa shape index (κ1) is 25.9. The van der Waals surface area contributed by atoms with E-state index in [9.17, 15) is 14.4 Å². The molecule has 9 heteroatoms. The van der Waals surface area contributed by atoms with Gasteiger partial charge in [0.15, 0.2) is 0 Å². The highest BCUT2D eigenvalue weighted by molar-refractivity contribution is 6.02. The standard InChI is InChI=1S/C29H37N5O4/c1-38-24-11-8-22(9-12-24)31-29(37)34-17-5-16-32(18-19-34)26-13-10-23(30-27(35)21-6-4-7-21)20-25(26)28(36)33-14-2-3-15-33/h8-13,20-21H,2-7,14-19H2,1H3,(H,30,35)(H,31,37). The van der Waals surface area contributed by atoms with Gasteiger partial charge in [0.25, 0.3) is 5.91 Å². The number of anilines is 3. The zero-order chi connectivity index (χ0) is 26.5. The minimum Gasteiger partial charge on any atom is -0.497 e. The highest BCUT2D eigenvalue weighted by Crippen LogP contribution is 2.31. The number of urea groups is 1. The molecule has 3 aliphatic rings. The minimum absolute atomic E-state index is 0.00981. The first-order valence-corrected chi connectivity index (χ1v) is 13.7. The van der Waals surface area contributed by atoms with Crippen molar-refractivity contribution in [3.8, 4) is 5.75 Å². The van der Waals surface area contributed by atoms with Gasteiger partial charge < -0.3 is 30.1 Å². The summed E-state index contributed by atoms with van der Waals surface area (Å²) in [6.45, 7) is 4.04. The molecule has 2 aromatic carbocycles. The van der Waals surface area contributed by atoms with Crippen LogP contribution in [0.5, 0.6) is 5.75 Å². The molecule has 1 aliphatic carbocycles. The van der Waals surface area contributed by atoms with Gasteiger partial charge in [0.2, 0.25) is 5.91 Å². The van der Waals surface area contributed by atoms with Crippen molar-refractivity contribution in [2.45, 2.75) is 38.5 Å². The fourth-order valence-electron chi connectivity index (χ4n) is 5.30. The lowest BCUT2D eigenvalue weighted by atomic mass is 9.85. The summed E-state index contributed by atoms with van der Waals surface area (Å²) in [6, 6.07) is 12.8. The Morgan fingerprint density at radius 2 is 1.47 bits per heavy atom. The number of ether oxygens (including phenoxy) is 1. The third kappa shape index (κ3) is 5.87. The summed E-state index contributed by atoms with van der Waals surface area (Å²) >= 11 is 0. The normalized spacial score (nSPS) is 18.0. The summed E-state index contributed by atoms with van der Waals surface area (Å²) in [7, 11) is 1.61.